The molecular formula is C22H25N3O3S. The first-order valence-electron chi connectivity index (χ1n) is 9.58. The van der Waals surface area contributed by atoms with Gasteiger partial charge in [-0.15, -0.1) is 0 Å². The van der Waals surface area contributed by atoms with Gasteiger partial charge in [-0.25, -0.2) is 0 Å². The van der Waals surface area contributed by atoms with Gasteiger partial charge in [0, 0.05) is 31.5 Å². The number of fused-ring (bicyclic) bond motifs is 1. The number of methoxy groups -OCH3 is 1. The van der Waals surface area contributed by atoms with Crippen molar-refractivity contribution in [3.8, 4) is 0 Å². The van der Waals surface area contributed by atoms with Gasteiger partial charge in [-0.2, -0.15) is 0 Å². The molecule has 3 aromatic rings. The van der Waals surface area contributed by atoms with E-state index in [0.717, 1.165) is 5.69 Å². The summed E-state index contributed by atoms with van der Waals surface area (Å²) in [6.07, 6.45) is 0.690. The van der Waals surface area contributed by atoms with E-state index in [2.05, 4.69) is 24.1 Å². The van der Waals surface area contributed by atoms with E-state index in [-0.39, 0.29) is 11.5 Å². The van der Waals surface area contributed by atoms with Gasteiger partial charge in [0.2, 0.25) is 0 Å². The Morgan fingerprint density at radius 2 is 1.93 bits per heavy atom. The minimum atomic E-state index is -0.243. The Hall–Kier alpha value is -2.77. The van der Waals surface area contributed by atoms with Crippen LogP contribution in [0.3, 0.4) is 0 Å². The number of carbonyl (C=O) groups is 1. The largest absolute Gasteiger partial charge is 0.385 e. The molecular weight excluding hydrogens is 386 g/mol. The second-order valence-corrected chi connectivity index (χ2v) is 7.61. The highest BCUT2D eigenvalue weighted by Crippen LogP contribution is 2.18. The van der Waals surface area contributed by atoms with Gasteiger partial charge in [-0.1, -0.05) is 26.0 Å². The lowest BCUT2D eigenvalue weighted by atomic mass is 10.0. The third-order valence-electron chi connectivity index (χ3n) is 4.81. The summed E-state index contributed by atoms with van der Waals surface area (Å²) in [5.41, 5.74) is 2.76. The standard InChI is InChI=1S/C22H25N3O3S/c1-14(2)15-5-8-17(9-6-15)23-20(26)16-7-10-18-19(13-16)24-22(29)25(21(18)27)11-4-12-28-3/h5-10,13-14H,4,11-12H2,1-3H3,(H,23,26)(H,24,29). The quantitative estimate of drug-likeness (QED) is 0.444. The Balaban J connectivity index is 1.85. The van der Waals surface area contributed by atoms with Crippen molar-refractivity contribution in [1.82, 2.24) is 9.55 Å². The molecule has 0 atom stereocenters. The molecule has 1 heterocycles. The predicted octanol–water partition coefficient (Wildman–Crippen LogP) is 4.47. The zero-order chi connectivity index (χ0) is 21.0. The monoisotopic (exact) mass is 411 g/mol. The first-order chi connectivity index (χ1) is 13.9. The molecule has 1 amide bonds. The number of ether oxygens (including phenoxy) is 1. The molecule has 0 aliphatic heterocycles. The smallest absolute Gasteiger partial charge is 0.262 e. The summed E-state index contributed by atoms with van der Waals surface area (Å²) < 4.78 is 6.89. The van der Waals surface area contributed by atoms with E-state index in [0.29, 0.717) is 46.7 Å². The third kappa shape index (κ3) is 4.81. The number of anilines is 1. The predicted molar refractivity (Wildman–Crippen MR) is 118 cm³/mol. The van der Waals surface area contributed by atoms with E-state index >= 15 is 0 Å². The first-order valence-corrected chi connectivity index (χ1v) is 9.98. The van der Waals surface area contributed by atoms with E-state index in [1.54, 1.807) is 25.3 Å². The number of carbonyl (C=O) groups excluding carboxylic acids is 1. The van der Waals surface area contributed by atoms with Crippen molar-refractivity contribution in [3.05, 3.63) is 68.7 Å². The summed E-state index contributed by atoms with van der Waals surface area (Å²) in [4.78, 5) is 28.4. The van der Waals surface area contributed by atoms with E-state index in [4.69, 9.17) is 17.0 Å². The minimum Gasteiger partial charge on any atom is -0.385 e. The van der Waals surface area contributed by atoms with Gasteiger partial charge in [-0.3, -0.25) is 14.2 Å². The van der Waals surface area contributed by atoms with Crippen molar-refractivity contribution < 1.29 is 9.53 Å². The van der Waals surface area contributed by atoms with Crippen molar-refractivity contribution in [1.29, 1.82) is 0 Å². The molecule has 0 spiro atoms. The van der Waals surface area contributed by atoms with Crippen LogP contribution in [0.2, 0.25) is 0 Å². The van der Waals surface area contributed by atoms with Crippen LogP contribution in [0.4, 0.5) is 5.69 Å². The number of nitrogens with zero attached hydrogens (tertiary/aromatic N) is 1. The van der Waals surface area contributed by atoms with Crippen LogP contribution in [0.1, 0.15) is 42.1 Å². The van der Waals surface area contributed by atoms with Crippen LogP contribution in [0.5, 0.6) is 0 Å². The zero-order valence-corrected chi connectivity index (χ0v) is 17.6. The van der Waals surface area contributed by atoms with Crippen LogP contribution in [-0.2, 0) is 11.3 Å². The molecule has 1 aromatic heterocycles. The van der Waals surface area contributed by atoms with Crippen LogP contribution in [0, 0.1) is 4.77 Å². The third-order valence-corrected chi connectivity index (χ3v) is 5.13. The molecule has 0 unspecified atom stereocenters. The number of benzene rings is 2. The molecule has 6 nitrogen and oxygen atoms in total. The molecule has 152 valence electrons. The molecule has 0 aliphatic rings. The SMILES string of the molecule is COCCCn1c(=S)[nH]c2cc(C(=O)Nc3ccc(C(C)C)cc3)ccc2c1=O. The van der Waals surface area contributed by atoms with E-state index in [1.165, 1.54) is 10.1 Å². The van der Waals surface area contributed by atoms with Gasteiger partial charge < -0.3 is 15.0 Å². The van der Waals surface area contributed by atoms with Gasteiger partial charge >= 0.3 is 0 Å². The molecule has 0 bridgehead atoms. The van der Waals surface area contributed by atoms with Crippen molar-refractivity contribution in [2.75, 3.05) is 19.0 Å². The maximum absolute atomic E-state index is 12.7. The lowest BCUT2D eigenvalue weighted by Crippen LogP contribution is -2.23. The lowest BCUT2D eigenvalue weighted by molar-refractivity contribution is 0.102. The van der Waals surface area contributed by atoms with Gasteiger partial charge in [0.25, 0.3) is 11.5 Å². The molecule has 7 heteroatoms. The van der Waals surface area contributed by atoms with Crippen LogP contribution in [0.15, 0.2) is 47.3 Å². The highest BCUT2D eigenvalue weighted by atomic mass is 32.1. The van der Waals surface area contributed by atoms with E-state index in [9.17, 15) is 9.59 Å². The highest BCUT2D eigenvalue weighted by molar-refractivity contribution is 7.71. The molecule has 0 saturated carbocycles. The number of amides is 1. The molecule has 2 N–H and O–H groups in total. The maximum Gasteiger partial charge on any atom is 0.262 e. The summed E-state index contributed by atoms with van der Waals surface area (Å²) in [7, 11) is 1.62. The molecule has 29 heavy (non-hydrogen) atoms. The van der Waals surface area contributed by atoms with E-state index < -0.39 is 0 Å². The number of hydrogen-bond acceptors (Lipinski definition) is 4. The normalized spacial score (nSPS) is 11.2. The average Bonchev–Trinajstić information content (AvgIpc) is 2.70. The minimum absolute atomic E-state index is 0.170. The van der Waals surface area contributed by atoms with Crippen molar-refractivity contribution in [2.45, 2.75) is 32.7 Å². The zero-order valence-electron chi connectivity index (χ0n) is 16.8. The Labute approximate surface area is 174 Å². The van der Waals surface area contributed by atoms with E-state index in [1.807, 2.05) is 24.3 Å². The summed E-state index contributed by atoms with van der Waals surface area (Å²) in [5.74, 6) is 0.190. The average molecular weight is 412 g/mol. The summed E-state index contributed by atoms with van der Waals surface area (Å²) in [6, 6.07) is 12.8. The number of nitrogens with one attached hydrogen (secondary N) is 2. The Morgan fingerprint density at radius 3 is 2.59 bits per heavy atom. The highest BCUT2D eigenvalue weighted by Gasteiger charge is 2.11. The maximum atomic E-state index is 12.7. The number of aromatic nitrogens is 2. The molecule has 0 aliphatic carbocycles. The summed E-state index contributed by atoms with van der Waals surface area (Å²) in [6.45, 7) is 5.28. The van der Waals surface area contributed by atoms with Crippen LogP contribution < -0.4 is 10.9 Å². The second-order valence-electron chi connectivity index (χ2n) is 7.22. The van der Waals surface area contributed by atoms with Crippen LogP contribution in [0.25, 0.3) is 10.9 Å². The van der Waals surface area contributed by atoms with Gasteiger partial charge in [-0.05, 0) is 60.5 Å². The fourth-order valence-electron chi connectivity index (χ4n) is 3.12. The van der Waals surface area contributed by atoms with Crippen molar-refractivity contribution >= 4 is 34.7 Å². The fraction of sp³-hybridized carbons (Fsp3) is 0.318. The molecule has 0 radical (unpaired) electrons. The van der Waals surface area contributed by atoms with Crippen LogP contribution >= 0.6 is 12.2 Å². The summed E-state index contributed by atoms with van der Waals surface area (Å²) in [5, 5.41) is 3.38. The molecule has 3 rings (SSSR count). The number of rotatable bonds is 7. The number of H-pyrrole nitrogens is 1. The van der Waals surface area contributed by atoms with Gasteiger partial charge in [0.05, 0.1) is 10.9 Å². The fourth-order valence-corrected chi connectivity index (χ4v) is 3.40. The molecule has 0 fully saturated rings. The summed E-state index contributed by atoms with van der Waals surface area (Å²) >= 11 is 5.33. The van der Waals surface area contributed by atoms with Crippen molar-refractivity contribution in [3.63, 3.8) is 0 Å². The molecule has 0 saturated heterocycles. The van der Waals surface area contributed by atoms with Crippen LogP contribution in [-0.4, -0.2) is 29.2 Å². The Morgan fingerprint density at radius 1 is 1.21 bits per heavy atom. The van der Waals surface area contributed by atoms with Gasteiger partial charge in [0.15, 0.2) is 4.77 Å². The number of hydrogen-bond donors (Lipinski definition) is 2. The lowest BCUT2D eigenvalue weighted by Gasteiger charge is -2.10. The first kappa shape index (κ1) is 21.0. The molecule has 2 aromatic carbocycles. The number of aromatic amines is 1. The topological polar surface area (TPSA) is 76.1 Å². The van der Waals surface area contributed by atoms with Gasteiger partial charge in [0.1, 0.15) is 0 Å². The Kier molecular flexibility index (Phi) is 6.61. The second kappa shape index (κ2) is 9.15. The Bertz CT molecular complexity index is 1130. The van der Waals surface area contributed by atoms with Crippen molar-refractivity contribution in [2.24, 2.45) is 0 Å².